The Morgan fingerprint density at radius 3 is 2.50 bits per heavy atom. The van der Waals surface area contributed by atoms with Gasteiger partial charge in [-0.25, -0.2) is 0 Å². The predicted octanol–water partition coefficient (Wildman–Crippen LogP) is 2.54. The first-order valence-electron chi connectivity index (χ1n) is 7.30. The van der Waals surface area contributed by atoms with Gasteiger partial charge in [-0.2, -0.15) is 0 Å². The Morgan fingerprint density at radius 2 is 2.00 bits per heavy atom. The monoisotopic (exact) mass is 256 g/mol. The first-order valence-corrected chi connectivity index (χ1v) is 7.30. The minimum absolute atomic E-state index is 0.279. The Balaban J connectivity index is 2.16. The highest BCUT2D eigenvalue weighted by Gasteiger charge is 2.47. The second-order valence-corrected chi connectivity index (χ2v) is 7.09. The lowest BCUT2D eigenvalue weighted by atomic mass is 9.64. The summed E-state index contributed by atoms with van der Waals surface area (Å²) in [7, 11) is 1.82. The minimum Gasteiger partial charge on any atom is -0.381 e. The molecule has 0 heterocycles. The van der Waals surface area contributed by atoms with E-state index < -0.39 is 0 Å². The van der Waals surface area contributed by atoms with Gasteiger partial charge in [0.1, 0.15) is 0 Å². The molecular formula is C15H32N2O. The Hall–Kier alpha value is -0.120. The van der Waals surface area contributed by atoms with Crippen LogP contribution in [0.1, 0.15) is 53.4 Å². The largest absolute Gasteiger partial charge is 0.381 e. The van der Waals surface area contributed by atoms with Crippen LogP contribution < -0.4 is 11.1 Å². The summed E-state index contributed by atoms with van der Waals surface area (Å²) < 4.78 is 5.47. The fourth-order valence-electron chi connectivity index (χ4n) is 2.99. The van der Waals surface area contributed by atoms with Crippen molar-refractivity contribution in [2.75, 3.05) is 20.2 Å². The van der Waals surface area contributed by atoms with Crippen molar-refractivity contribution in [2.24, 2.45) is 16.6 Å². The van der Waals surface area contributed by atoms with Crippen LogP contribution in [-0.4, -0.2) is 32.3 Å². The maximum Gasteiger partial charge on any atom is 0.0652 e. The van der Waals surface area contributed by atoms with E-state index in [9.17, 15) is 0 Å². The molecule has 2 atom stereocenters. The minimum atomic E-state index is 0.279. The van der Waals surface area contributed by atoms with Gasteiger partial charge in [0.2, 0.25) is 0 Å². The van der Waals surface area contributed by atoms with Gasteiger partial charge in [0.05, 0.1) is 6.10 Å². The van der Waals surface area contributed by atoms with Gasteiger partial charge in [-0.3, -0.25) is 0 Å². The fraction of sp³-hybridized carbons (Fsp3) is 1.00. The standard InChI is InChI=1S/C15H32N2O/c1-14(2,8-9-16)7-6-10-17-12-11-13(18-5)15(12,3)4/h12-13,17H,6-11,16H2,1-5H3. The summed E-state index contributed by atoms with van der Waals surface area (Å²) in [6.45, 7) is 11.1. The summed E-state index contributed by atoms with van der Waals surface area (Å²) in [6, 6.07) is 0.611. The summed E-state index contributed by atoms with van der Waals surface area (Å²) >= 11 is 0. The summed E-state index contributed by atoms with van der Waals surface area (Å²) in [5, 5.41) is 3.68. The molecule has 0 aromatic carbocycles. The summed E-state index contributed by atoms with van der Waals surface area (Å²) in [4.78, 5) is 0. The molecule has 1 saturated carbocycles. The Kier molecular flexibility index (Phi) is 5.63. The van der Waals surface area contributed by atoms with Crippen molar-refractivity contribution < 1.29 is 4.74 Å². The van der Waals surface area contributed by atoms with E-state index >= 15 is 0 Å². The maximum atomic E-state index is 5.63. The molecule has 1 fully saturated rings. The highest BCUT2D eigenvalue weighted by atomic mass is 16.5. The Bertz CT molecular complexity index is 251. The molecular weight excluding hydrogens is 224 g/mol. The van der Waals surface area contributed by atoms with Crippen molar-refractivity contribution in [3.8, 4) is 0 Å². The van der Waals surface area contributed by atoms with Crippen LogP contribution in [0.15, 0.2) is 0 Å². The van der Waals surface area contributed by atoms with Gasteiger partial charge in [-0.1, -0.05) is 27.7 Å². The van der Waals surface area contributed by atoms with E-state index in [0.717, 1.165) is 25.9 Å². The van der Waals surface area contributed by atoms with Gasteiger partial charge >= 0.3 is 0 Å². The molecule has 0 spiro atoms. The van der Waals surface area contributed by atoms with Crippen molar-refractivity contribution in [1.82, 2.24) is 5.32 Å². The molecule has 0 aromatic heterocycles. The molecule has 2 unspecified atom stereocenters. The number of hydrogen-bond acceptors (Lipinski definition) is 3. The lowest BCUT2D eigenvalue weighted by Gasteiger charge is -2.51. The zero-order valence-corrected chi connectivity index (χ0v) is 12.9. The number of nitrogens with one attached hydrogen (secondary N) is 1. The van der Waals surface area contributed by atoms with E-state index in [2.05, 4.69) is 33.0 Å². The van der Waals surface area contributed by atoms with Crippen LogP contribution >= 0.6 is 0 Å². The van der Waals surface area contributed by atoms with Crippen molar-refractivity contribution in [3.63, 3.8) is 0 Å². The average Bonchev–Trinajstić information content (AvgIpc) is 2.26. The van der Waals surface area contributed by atoms with Crippen molar-refractivity contribution >= 4 is 0 Å². The molecule has 18 heavy (non-hydrogen) atoms. The highest BCUT2D eigenvalue weighted by molar-refractivity contribution is 5.02. The smallest absolute Gasteiger partial charge is 0.0652 e. The maximum absolute atomic E-state index is 5.63. The predicted molar refractivity (Wildman–Crippen MR) is 77.7 cm³/mol. The van der Waals surface area contributed by atoms with E-state index in [1.807, 2.05) is 7.11 Å². The van der Waals surface area contributed by atoms with Gasteiger partial charge in [-0.15, -0.1) is 0 Å². The first-order chi connectivity index (χ1) is 8.33. The normalized spacial score (nSPS) is 27.0. The van der Waals surface area contributed by atoms with E-state index in [1.165, 1.54) is 12.8 Å². The molecule has 0 bridgehead atoms. The third-order valence-electron chi connectivity index (χ3n) is 4.70. The molecule has 108 valence electrons. The van der Waals surface area contributed by atoms with Crippen molar-refractivity contribution in [2.45, 2.75) is 65.5 Å². The second kappa shape index (κ2) is 6.36. The molecule has 0 saturated heterocycles. The van der Waals surface area contributed by atoms with Crippen LogP contribution in [0, 0.1) is 10.8 Å². The quantitative estimate of drug-likeness (QED) is 0.656. The molecule has 0 radical (unpaired) electrons. The summed E-state index contributed by atoms with van der Waals surface area (Å²) in [5.41, 5.74) is 6.30. The van der Waals surface area contributed by atoms with Gasteiger partial charge in [-0.05, 0) is 44.2 Å². The Morgan fingerprint density at radius 1 is 1.33 bits per heavy atom. The van der Waals surface area contributed by atoms with Gasteiger partial charge in [0.15, 0.2) is 0 Å². The van der Waals surface area contributed by atoms with Crippen LogP contribution in [0.4, 0.5) is 0 Å². The van der Waals surface area contributed by atoms with Gasteiger partial charge in [0, 0.05) is 18.6 Å². The second-order valence-electron chi connectivity index (χ2n) is 7.09. The van der Waals surface area contributed by atoms with Crippen LogP contribution in [0.3, 0.4) is 0 Å². The van der Waals surface area contributed by atoms with Crippen molar-refractivity contribution in [1.29, 1.82) is 0 Å². The van der Waals surface area contributed by atoms with Crippen LogP contribution in [-0.2, 0) is 4.74 Å². The first kappa shape index (κ1) is 15.9. The third-order valence-corrected chi connectivity index (χ3v) is 4.70. The zero-order chi connectivity index (χ0) is 13.8. The number of nitrogens with two attached hydrogens (primary N) is 1. The summed E-state index contributed by atoms with van der Waals surface area (Å²) in [6.07, 6.45) is 5.17. The molecule has 1 rings (SSSR count). The van der Waals surface area contributed by atoms with Crippen LogP contribution in [0.2, 0.25) is 0 Å². The molecule has 3 nitrogen and oxygen atoms in total. The van der Waals surface area contributed by atoms with Crippen molar-refractivity contribution in [3.05, 3.63) is 0 Å². The SMILES string of the molecule is COC1CC(NCCCC(C)(C)CCN)C1(C)C. The van der Waals surface area contributed by atoms with Gasteiger partial charge in [0.25, 0.3) is 0 Å². The van der Waals surface area contributed by atoms with E-state index in [0.29, 0.717) is 17.6 Å². The molecule has 0 amide bonds. The van der Waals surface area contributed by atoms with E-state index in [4.69, 9.17) is 10.5 Å². The lowest BCUT2D eigenvalue weighted by Crippen LogP contribution is -2.60. The number of rotatable bonds is 8. The highest BCUT2D eigenvalue weighted by Crippen LogP contribution is 2.42. The van der Waals surface area contributed by atoms with Gasteiger partial charge < -0.3 is 15.8 Å². The molecule has 0 aromatic rings. The average molecular weight is 256 g/mol. The number of methoxy groups -OCH3 is 1. The molecule has 3 heteroatoms. The Labute approximate surface area is 113 Å². The zero-order valence-electron chi connectivity index (χ0n) is 12.9. The molecule has 0 aliphatic heterocycles. The third kappa shape index (κ3) is 3.94. The topological polar surface area (TPSA) is 47.3 Å². The summed E-state index contributed by atoms with van der Waals surface area (Å²) in [5.74, 6) is 0. The van der Waals surface area contributed by atoms with E-state index in [-0.39, 0.29) is 5.41 Å². The lowest BCUT2D eigenvalue weighted by molar-refractivity contribution is -0.0973. The van der Waals surface area contributed by atoms with E-state index in [1.54, 1.807) is 0 Å². The number of hydrogen-bond donors (Lipinski definition) is 2. The fourth-order valence-corrected chi connectivity index (χ4v) is 2.99. The molecule has 1 aliphatic rings. The molecule has 3 N–H and O–H groups in total. The number of ether oxygens (including phenoxy) is 1. The molecule has 1 aliphatic carbocycles. The van der Waals surface area contributed by atoms with Crippen LogP contribution in [0.25, 0.3) is 0 Å². The van der Waals surface area contributed by atoms with Crippen LogP contribution in [0.5, 0.6) is 0 Å².